The number of hydrogen-bond donors (Lipinski definition) is 0. The molecule has 0 aliphatic heterocycles. The van der Waals surface area contributed by atoms with E-state index in [1.54, 1.807) is 6.92 Å². The summed E-state index contributed by atoms with van der Waals surface area (Å²) in [6.07, 6.45) is 5.09. The largest absolute Gasteiger partial charge is 0.491 e. The first-order valence-electron chi connectivity index (χ1n) is 14.6. The van der Waals surface area contributed by atoms with Gasteiger partial charge in [-0.3, -0.25) is 0 Å². The van der Waals surface area contributed by atoms with Crippen molar-refractivity contribution >= 4 is 5.97 Å². The average Bonchev–Trinajstić information content (AvgIpc) is 3.00. The Hall–Kier alpha value is -3.69. The van der Waals surface area contributed by atoms with Gasteiger partial charge in [0.25, 0.3) is 0 Å². The molecule has 3 aromatic carbocycles. The molecule has 0 heterocycles. The third kappa shape index (κ3) is 7.28. The lowest BCUT2D eigenvalue weighted by Gasteiger charge is -2.30. The van der Waals surface area contributed by atoms with Crippen molar-refractivity contribution in [3.63, 3.8) is 0 Å². The number of benzene rings is 3. The number of carbonyl (C=O) groups is 1. The number of carbonyl (C=O) groups excluding carboxylic acids is 1. The van der Waals surface area contributed by atoms with Crippen LogP contribution in [0.2, 0.25) is 0 Å². The fourth-order valence-electron chi connectivity index (χ4n) is 5.45. The van der Waals surface area contributed by atoms with Gasteiger partial charge >= 0.3 is 5.97 Å². The van der Waals surface area contributed by atoms with Crippen LogP contribution in [0.5, 0.6) is 17.2 Å². The number of halogens is 6. The van der Waals surface area contributed by atoms with Gasteiger partial charge in [-0.15, -0.1) is 0 Å². The summed E-state index contributed by atoms with van der Waals surface area (Å²) < 4.78 is 103. The van der Waals surface area contributed by atoms with Crippen LogP contribution in [-0.2, 0) is 0 Å². The van der Waals surface area contributed by atoms with Gasteiger partial charge in [-0.05, 0) is 86.3 Å². The van der Waals surface area contributed by atoms with Crippen molar-refractivity contribution in [2.45, 2.75) is 77.0 Å². The minimum absolute atomic E-state index is 0.0310. The number of hydrogen-bond acceptors (Lipinski definition) is 4. The van der Waals surface area contributed by atoms with Crippen LogP contribution in [0.25, 0.3) is 0 Å². The molecule has 10 heteroatoms. The Bertz CT molecular complexity index is 1440. The average molecular weight is 609 g/mol. The van der Waals surface area contributed by atoms with Crippen molar-refractivity contribution < 1.29 is 45.3 Å². The molecule has 4 rings (SSSR count). The topological polar surface area (TPSA) is 44.8 Å². The number of esters is 1. The Kier molecular flexibility index (Phi) is 11.0. The summed E-state index contributed by atoms with van der Waals surface area (Å²) in [6, 6.07) is 7.24. The normalized spacial score (nSPS) is 16.7. The first-order chi connectivity index (χ1) is 20.7. The summed E-state index contributed by atoms with van der Waals surface area (Å²) in [7, 11) is 0. The highest BCUT2D eigenvalue weighted by molar-refractivity contribution is 5.91. The van der Waals surface area contributed by atoms with Crippen LogP contribution in [-0.4, -0.2) is 19.2 Å². The summed E-state index contributed by atoms with van der Waals surface area (Å²) in [5, 5.41) is 0. The third-order valence-corrected chi connectivity index (χ3v) is 7.79. The van der Waals surface area contributed by atoms with Gasteiger partial charge in [0.15, 0.2) is 34.7 Å². The molecule has 0 bridgehead atoms. The Morgan fingerprint density at radius 2 is 1.14 bits per heavy atom. The molecule has 0 spiro atoms. The van der Waals surface area contributed by atoms with E-state index in [0.717, 1.165) is 37.5 Å². The van der Waals surface area contributed by atoms with Crippen molar-refractivity contribution in [1.29, 1.82) is 0 Å². The van der Waals surface area contributed by atoms with E-state index in [4.69, 9.17) is 14.2 Å². The van der Waals surface area contributed by atoms with Gasteiger partial charge in [-0.2, -0.15) is 13.2 Å². The van der Waals surface area contributed by atoms with Crippen molar-refractivity contribution in [3.05, 3.63) is 88.0 Å². The Morgan fingerprint density at radius 1 is 0.628 bits per heavy atom. The van der Waals surface area contributed by atoms with Crippen LogP contribution in [0.4, 0.5) is 26.3 Å². The molecule has 0 N–H and O–H groups in total. The van der Waals surface area contributed by atoms with Gasteiger partial charge in [0.2, 0.25) is 17.5 Å². The lowest BCUT2D eigenvalue weighted by atomic mass is 9.75. The standard InChI is InChI=1S/C33H34F6O4/c1-3-5-6-7-18-42-25-16-17-26(32(39)31(25)38)43-33(40)23-13-12-21(27(34)29(23)36)19-8-10-20(11-9-19)22-14-15-24(41-4-2)30(37)28(22)35/h12-17,19-20H,3-11,18H2,1-2H3. The smallest absolute Gasteiger partial charge is 0.346 e. The maximum atomic E-state index is 15.1. The molecule has 0 unspecified atom stereocenters. The first-order valence-corrected chi connectivity index (χ1v) is 14.6. The lowest BCUT2D eigenvalue weighted by molar-refractivity contribution is 0.0720. The molecule has 0 atom stereocenters. The van der Waals surface area contributed by atoms with E-state index in [1.807, 2.05) is 6.92 Å². The minimum Gasteiger partial charge on any atom is -0.491 e. The highest BCUT2D eigenvalue weighted by Crippen LogP contribution is 2.43. The molecular formula is C33H34F6O4. The molecule has 43 heavy (non-hydrogen) atoms. The van der Waals surface area contributed by atoms with Gasteiger partial charge in [0.1, 0.15) is 0 Å². The van der Waals surface area contributed by atoms with Crippen LogP contribution in [0.3, 0.4) is 0 Å². The zero-order valence-electron chi connectivity index (χ0n) is 24.1. The number of ether oxygens (including phenoxy) is 3. The van der Waals surface area contributed by atoms with Crippen molar-refractivity contribution in [1.82, 2.24) is 0 Å². The van der Waals surface area contributed by atoms with E-state index in [1.165, 1.54) is 18.2 Å². The number of unbranched alkanes of at least 4 members (excludes halogenated alkanes) is 3. The van der Waals surface area contributed by atoms with E-state index in [2.05, 4.69) is 0 Å². The molecule has 1 aliphatic rings. The summed E-state index contributed by atoms with van der Waals surface area (Å²) >= 11 is 0. The SMILES string of the molecule is CCCCCCOc1ccc(OC(=O)c2ccc(C3CCC(c4ccc(OCC)c(F)c4F)CC3)c(F)c2F)c(F)c1F. The summed E-state index contributed by atoms with van der Waals surface area (Å²) in [6.45, 7) is 4.08. The summed E-state index contributed by atoms with van der Waals surface area (Å²) in [5.74, 6) is -11.0. The van der Waals surface area contributed by atoms with Crippen LogP contribution in [0, 0.1) is 34.9 Å². The second-order valence-electron chi connectivity index (χ2n) is 10.6. The van der Waals surface area contributed by atoms with Crippen molar-refractivity contribution in [3.8, 4) is 17.2 Å². The number of rotatable bonds is 12. The van der Waals surface area contributed by atoms with E-state index >= 15 is 8.78 Å². The van der Waals surface area contributed by atoms with E-state index in [-0.39, 0.29) is 41.8 Å². The predicted octanol–water partition coefficient (Wildman–Crippen LogP) is 9.54. The fraction of sp³-hybridized carbons (Fsp3) is 0.424. The third-order valence-electron chi connectivity index (χ3n) is 7.79. The fourth-order valence-corrected chi connectivity index (χ4v) is 5.45. The molecule has 0 amide bonds. The second-order valence-corrected chi connectivity index (χ2v) is 10.6. The Labute approximate surface area is 247 Å². The molecule has 0 saturated heterocycles. The van der Waals surface area contributed by atoms with Crippen LogP contribution < -0.4 is 14.2 Å². The molecule has 0 radical (unpaired) electrons. The molecule has 3 aromatic rings. The van der Waals surface area contributed by atoms with Crippen molar-refractivity contribution in [2.75, 3.05) is 13.2 Å². The summed E-state index contributed by atoms with van der Waals surface area (Å²) in [5.41, 5.74) is -0.541. The zero-order valence-corrected chi connectivity index (χ0v) is 24.1. The highest BCUT2D eigenvalue weighted by Gasteiger charge is 2.31. The van der Waals surface area contributed by atoms with Crippen LogP contribution in [0.15, 0.2) is 36.4 Å². The molecule has 1 saturated carbocycles. The summed E-state index contributed by atoms with van der Waals surface area (Å²) in [4.78, 5) is 12.6. The van der Waals surface area contributed by atoms with Gasteiger partial charge in [-0.25, -0.2) is 18.0 Å². The van der Waals surface area contributed by atoms with Crippen molar-refractivity contribution in [2.24, 2.45) is 0 Å². The van der Waals surface area contributed by atoms with Gasteiger partial charge in [0, 0.05) is 0 Å². The lowest BCUT2D eigenvalue weighted by Crippen LogP contribution is -2.17. The van der Waals surface area contributed by atoms with Gasteiger partial charge in [0.05, 0.1) is 18.8 Å². The molecule has 232 valence electrons. The minimum atomic E-state index is -1.49. The van der Waals surface area contributed by atoms with E-state index in [9.17, 15) is 22.4 Å². The molecular weight excluding hydrogens is 574 g/mol. The molecule has 4 nitrogen and oxygen atoms in total. The van der Waals surface area contributed by atoms with Gasteiger partial charge in [-0.1, -0.05) is 38.3 Å². The molecule has 1 fully saturated rings. The highest BCUT2D eigenvalue weighted by atomic mass is 19.2. The molecule has 0 aromatic heterocycles. The van der Waals surface area contributed by atoms with Gasteiger partial charge < -0.3 is 14.2 Å². The van der Waals surface area contributed by atoms with E-state index < -0.39 is 58.1 Å². The maximum Gasteiger partial charge on any atom is 0.346 e. The van der Waals surface area contributed by atoms with Crippen LogP contribution >= 0.6 is 0 Å². The second kappa shape index (κ2) is 14.7. The monoisotopic (exact) mass is 608 g/mol. The molecule has 1 aliphatic carbocycles. The van der Waals surface area contributed by atoms with E-state index in [0.29, 0.717) is 32.1 Å². The predicted molar refractivity (Wildman–Crippen MR) is 149 cm³/mol. The zero-order chi connectivity index (χ0) is 31.1. The van der Waals surface area contributed by atoms with Crippen LogP contribution in [0.1, 0.15) is 98.5 Å². The Balaban J connectivity index is 1.40. The first kappa shape index (κ1) is 32.2. The Morgan fingerprint density at radius 3 is 1.77 bits per heavy atom. The quantitative estimate of drug-likeness (QED) is 0.0889. The maximum absolute atomic E-state index is 15.1.